The molecule has 1 saturated heterocycles. The van der Waals surface area contributed by atoms with Crippen LogP contribution in [0.5, 0.6) is 0 Å². The maximum atomic E-state index is 6.34. The minimum atomic E-state index is -2.37. The Morgan fingerprint density at radius 3 is 2.11 bits per heavy atom. The lowest BCUT2D eigenvalue weighted by Crippen LogP contribution is -2.64. The van der Waals surface area contributed by atoms with Crippen molar-refractivity contribution in [3.05, 3.63) is 0 Å². The molecule has 18 heavy (non-hydrogen) atoms. The Bertz CT molecular complexity index is 284. The van der Waals surface area contributed by atoms with Gasteiger partial charge in [-0.2, -0.15) is 0 Å². The van der Waals surface area contributed by atoms with E-state index in [4.69, 9.17) is 21.2 Å². The fourth-order valence-electron chi connectivity index (χ4n) is 2.36. The van der Waals surface area contributed by atoms with E-state index in [2.05, 4.69) is 39.7 Å². The Labute approximate surface area is 116 Å². The van der Waals surface area contributed by atoms with E-state index in [-0.39, 0.29) is 5.73 Å². The van der Waals surface area contributed by atoms with E-state index >= 15 is 0 Å². The van der Waals surface area contributed by atoms with Gasteiger partial charge >= 0.3 is 25.7 Å². The third-order valence-electron chi connectivity index (χ3n) is 2.93. The van der Waals surface area contributed by atoms with Crippen LogP contribution in [0.25, 0.3) is 0 Å². The zero-order chi connectivity index (χ0) is 14.0. The topological polar surface area (TPSA) is 46.2 Å². The molecule has 9 heteroatoms. The van der Waals surface area contributed by atoms with E-state index in [0.29, 0.717) is 0 Å². The van der Waals surface area contributed by atoms with Crippen LogP contribution < -0.4 is 0 Å². The molecule has 1 heterocycles. The summed E-state index contributed by atoms with van der Waals surface area (Å²) >= 11 is 0. The average Bonchev–Trinajstić information content (AvgIpc) is 2.13. The predicted octanol–water partition coefficient (Wildman–Crippen LogP) is 1.50. The number of ether oxygens (including phenoxy) is 1. The lowest BCUT2D eigenvalue weighted by atomic mass is 10.5. The third-order valence-corrected chi connectivity index (χ3v) is 18.3. The first-order valence-corrected chi connectivity index (χ1v) is 15.5. The summed E-state index contributed by atoms with van der Waals surface area (Å²) in [6.45, 7) is 12.4. The highest BCUT2D eigenvalue weighted by Crippen LogP contribution is 2.28. The molecule has 2 unspecified atom stereocenters. The fraction of sp³-hybridized carbons (Fsp3) is 1.00. The Kier molecular flexibility index (Phi) is 5.55. The quantitative estimate of drug-likeness (QED) is 0.736. The number of hydrogen-bond donors (Lipinski definition) is 0. The van der Waals surface area contributed by atoms with Crippen molar-refractivity contribution in [2.45, 2.75) is 51.8 Å². The van der Waals surface area contributed by atoms with E-state index in [1.165, 1.54) is 0 Å². The lowest BCUT2D eigenvalue weighted by molar-refractivity contribution is 0.113. The molecule has 5 nitrogen and oxygen atoms in total. The Morgan fingerprint density at radius 2 is 1.61 bits per heavy atom. The molecule has 1 aliphatic heterocycles. The van der Waals surface area contributed by atoms with Crippen LogP contribution in [0.2, 0.25) is 32.7 Å². The summed E-state index contributed by atoms with van der Waals surface area (Å²) < 4.78 is 30.0. The molecule has 0 aromatic carbocycles. The van der Waals surface area contributed by atoms with E-state index in [1.54, 1.807) is 7.11 Å². The Balaban J connectivity index is 2.91. The zero-order valence-electron chi connectivity index (χ0n) is 12.5. The van der Waals surface area contributed by atoms with Gasteiger partial charge in [0, 0.05) is 7.11 Å². The van der Waals surface area contributed by atoms with Gasteiger partial charge in [0.1, 0.15) is 0 Å². The third kappa shape index (κ3) is 4.35. The van der Waals surface area contributed by atoms with Crippen LogP contribution in [-0.2, 0) is 21.2 Å². The predicted molar refractivity (Wildman–Crippen MR) is 80.6 cm³/mol. The van der Waals surface area contributed by atoms with Crippen molar-refractivity contribution >= 4 is 35.7 Å². The molecule has 0 N–H and O–H groups in total. The van der Waals surface area contributed by atoms with E-state index in [0.717, 1.165) is 6.42 Å². The normalized spacial score (nSPS) is 34.8. The SMILES string of the molecule is CCC(OC)[Si]1(C)O[SiH2]O[Si](C)(C)O[Si](C)(C)O1. The molecule has 1 fully saturated rings. The number of rotatable bonds is 3. The first-order chi connectivity index (χ1) is 8.14. The van der Waals surface area contributed by atoms with Crippen LogP contribution in [0.15, 0.2) is 0 Å². The summed E-state index contributed by atoms with van der Waals surface area (Å²) in [5, 5.41) is 0. The average molecular weight is 327 g/mol. The summed E-state index contributed by atoms with van der Waals surface area (Å²) in [5.41, 5.74) is 0.0341. The van der Waals surface area contributed by atoms with Gasteiger partial charge in [-0.25, -0.2) is 0 Å². The minimum absolute atomic E-state index is 0.0341. The highest BCUT2D eigenvalue weighted by molar-refractivity contribution is 6.88. The second-order valence-corrected chi connectivity index (χ2v) is 18.0. The van der Waals surface area contributed by atoms with Crippen molar-refractivity contribution in [1.29, 1.82) is 0 Å². The van der Waals surface area contributed by atoms with Crippen molar-refractivity contribution < 1.29 is 21.2 Å². The van der Waals surface area contributed by atoms with Gasteiger partial charge in [-0.05, 0) is 39.2 Å². The molecular formula is C9H26O5Si4. The lowest BCUT2D eigenvalue weighted by Gasteiger charge is -2.44. The van der Waals surface area contributed by atoms with Crippen LogP contribution in [0.3, 0.4) is 0 Å². The van der Waals surface area contributed by atoms with Crippen molar-refractivity contribution in [3.63, 3.8) is 0 Å². The molecule has 1 rings (SSSR count). The molecule has 0 saturated carbocycles. The first-order valence-electron chi connectivity index (χ1n) is 6.35. The Morgan fingerprint density at radius 1 is 1.00 bits per heavy atom. The smallest absolute Gasteiger partial charge is 0.346 e. The van der Waals surface area contributed by atoms with Crippen LogP contribution in [0.4, 0.5) is 0 Å². The minimum Gasteiger partial charge on any atom is -0.420 e. The van der Waals surface area contributed by atoms with Gasteiger partial charge in [-0.15, -0.1) is 0 Å². The molecule has 0 amide bonds. The monoisotopic (exact) mass is 326 g/mol. The van der Waals surface area contributed by atoms with Gasteiger partial charge in [0.25, 0.3) is 10.0 Å². The van der Waals surface area contributed by atoms with Gasteiger partial charge in [0.2, 0.25) is 0 Å². The molecular weight excluding hydrogens is 300 g/mol. The number of hydrogen-bond acceptors (Lipinski definition) is 5. The summed E-state index contributed by atoms with van der Waals surface area (Å²) in [4.78, 5) is 0. The molecule has 0 radical (unpaired) electrons. The summed E-state index contributed by atoms with van der Waals surface area (Å²) in [6.07, 6.45) is 0.888. The zero-order valence-corrected chi connectivity index (χ0v) is 16.9. The van der Waals surface area contributed by atoms with Gasteiger partial charge in [0.15, 0.2) is 0 Å². The first kappa shape index (κ1) is 16.7. The van der Waals surface area contributed by atoms with Gasteiger partial charge in [0.05, 0.1) is 5.73 Å². The standard InChI is InChI=1S/C9H26O5Si4/c1-8-9(10-2)18(7)12-15-11-16(3,4)13-17(5,6)14-18/h9H,8,15H2,1-7H3. The van der Waals surface area contributed by atoms with Crippen LogP contribution >= 0.6 is 0 Å². The summed E-state index contributed by atoms with van der Waals surface area (Å²) in [5.74, 6) is 0. The molecule has 2 atom stereocenters. The molecule has 1 aliphatic rings. The second-order valence-electron chi connectivity index (χ2n) is 5.56. The highest BCUT2D eigenvalue weighted by Gasteiger charge is 2.50. The molecule has 0 aliphatic carbocycles. The summed E-state index contributed by atoms with van der Waals surface area (Å²) in [7, 11) is -6.00. The highest BCUT2D eigenvalue weighted by atomic mass is 28.5. The van der Waals surface area contributed by atoms with Crippen LogP contribution in [-0.4, -0.2) is 48.5 Å². The van der Waals surface area contributed by atoms with Gasteiger partial charge in [-0.3, -0.25) is 0 Å². The van der Waals surface area contributed by atoms with Gasteiger partial charge < -0.3 is 21.2 Å². The molecule has 0 aromatic rings. The van der Waals surface area contributed by atoms with Crippen molar-refractivity contribution in [2.75, 3.05) is 7.11 Å². The molecule has 0 bridgehead atoms. The van der Waals surface area contributed by atoms with E-state index in [9.17, 15) is 0 Å². The van der Waals surface area contributed by atoms with E-state index in [1.807, 2.05) is 0 Å². The van der Waals surface area contributed by atoms with Crippen LogP contribution in [0, 0.1) is 0 Å². The molecule has 0 spiro atoms. The van der Waals surface area contributed by atoms with Crippen molar-refractivity contribution in [1.82, 2.24) is 0 Å². The maximum Gasteiger partial charge on any atom is 0.346 e. The van der Waals surface area contributed by atoms with Crippen LogP contribution in [0.1, 0.15) is 13.3 Å². The Hall–Kier alpha value is 0.668. The van der Waals surface area contributed by atoms with Crippen molar-refractivity contribution in [3.8, 4) is 0 Å². The summed E-state index contributed by atoms with van der Waals surface area (Å²) in [6, 6.07) is 0. The van der Waals surface area contributed by atoms with Crippen molar-refractivity contribution in [2.24, 2.45) is 0 Å². The van der Waals surface area contributed by atoms with Gasteiger partial charge in [-0.1, -0.05) is 6.92 Å². The maximum absolute atomic E-state index is 6.34. The second kappa shape index (κ2) is 5.97. The fourth-order valence-corrected chi connectivity index (χ4v) is 18.3. The van der Waals surface area contributed by atoms with E-state index < -0.39 is 35.7 Å². The molecule has 0 aromatic heterocycles. The largest absolute Gasteiger partial charge is 0.420 e. The molecule has 108 valence electrons. The number of methoxy groups -OCH3 is 1.